The van der Waals surface area contributed by atoms with E-state index in [1.54, 1.807) is 18.1 Å². The third kappa shape index (κ3) is 5.26. The number of nitrogens with one attached hydrogen (secondary N) is 1. The number of nitrogens with zero attached hydrogens (tertiary/aromatic N) is 2. The molecule has 5 nitrogen and oxygen atoms in total. The van der Waals surface area contributed by atoms with Gasteiger partial charge in [-0.15, -0.1) is 0 Å². The normalized spacial score (nSPS) is 37.8. The molecule has 206 valence electrons. The van der Waals surface area contributed by atoms with E-state index >= 15 is 0 Å². The molecule has 3 fully saturated rings. The van der Waals surface area contributed by atoms with E-state index in [-0.39, 0.29) is 12.2 Å². The first kappa shape index (κ1) is 26.8. The molecule has 0 saturated heterocycles. The van der Waals surface area contributed by atoms with Crippen LogP contribution in [-0.4, -0.2) is 21.7 Å². The lowest BCUT2D eigenvalue weighted by Gasteiger charge is -2.58. The van der Waals surface area contributed by atoms with Crippen LogP contribution in [0.25, 0.3) is 0 Å². The molecule has 4 aliphatic rings. The molecule has 5 rings (SSSR count). The Hall–Kier alpha value is -1.78. The molecule has 4 unspecified atom stereocenters. The van der Waals surface area contributed by atoms with Gasteiger partial charge in [-0.05, 0) is 91.3 Å². The monoisotopic (exact) mass is 509 g/mol. The van der Waals surface area contributed by atoms with Crippen molar-refractivity contribution in [2.45, 2.75) is 118 Å². The molecule has 1 N–H and O–H groups in total. The van der Waals surface area contributed by atoms with Gasteiger partial charge in [-0.25, -0.2) is 9.78 Å². The van der Waals surface area contributed by atoms with Crippen LogP contribution in [-0.2, 0) is 11.4 Å². The minimum absolute atomic E-state index is 0.00457. The highest BCUT2D eigenvalue weighted by atomic mass is 16.6. The fourth-order valence-electron chi connectivity index (χ4n) is 9.48. The number of carbonyl (C=O) groups is 1. The Morgan fingerprint density at radius 3 is 2.73 bits per heavy atom. The molecule has 0 aliphatic heterocycles. The standard InChI is InChI=1S/C32H51N3O2/c1-22(2)7-6-8-23(3)27-11-12-28-26-10-9-24-19-25(37-30(36)34-21-35-18-17-33-20-35)13-15-31(24,4)29(26)14-16-32(27,28)5/h9,17-18,20,22-23,25-29H,6-8,10-16,19,21H2,1-5H3,(H,34,36)/t23-,25?,26?,27-,28?,29?,31+,32-/m1/s1. The van der Waals surface area contributed by atoms with Gasteiger partial charge in [0.15, 0.2) is 0 Å². The summed E-state index contributed by atoms with van der Waals surface area (Å²) in [6.45, 7) is 12.9. The molecule has 5 heteroatoms. The van der Waals surface area contributed by atoms with Gasteiger partial charge in [-0.3, -0.25) is 0 Å². The SMILES string of the molecule is CC(C)CCC[C@@H](C)[C@H]1CCC2C3CC=C4CC(OC(=O)NCn5ccnc5)CC[C@]4(C)C3CC[C@@]21C. The molecule has 3 saturated carbocycles. The van der Waals surface area contributed by atoms with Gasteiger partial charge in [0.1, 0.15) is 6.10 Å². The van der Waals surface area contributed by atoms with Crippen molar-refractivity contribution in [2.75, 3.05) is 0 Å². The fourth-order valence-corrected chi connectivity index (χ4v) is 9.48. The first-order chi connectivity index (χ1) is 17.7. The number of imidazole rings is 1. The molecule has 1 heterocycles. The molecule has 8 atom stereocenters. The summed E-state index contributed by atoms with van der Waals surface area (Å²) in [5, 5.41) is 2.86. The average molecular weight is 510 g/mol. The van der Waals surface area contributed by atoms with E-state index in [4.69, 9.17) is 4.74 Å². The number of rotatable bonds is 8. The number of alkyl carbamates (subject to hydrolysis) is 1. The Morgan fingerprint density at radius 2 is 1.97 bits per heavy atom. The number of allylic oxidation sites excluding steroid dienone is 1. The summed E-state index contributed by atoms with van der Waals surface area (Å²) in [4.78, 5) is 16.5. The van der Waals surface area contributed by atoms with Crippen molar-refractivity contribution in [1.82, 2.24) is 14.9 Å². The molecular formula is C32H51N3O2. The summed E-state index contributed by atoms with van der Waals surface area (Å²) < 4.78 is 7.70. The number of ether oxygens (including phenoxy) is 1. The molecule has 0 aromatic carbocycles. The van der Waals surface area contributed by atoms with Gasteiger partial charge in [0, 0.05) is 18.8 Å². The van der Waals surface area contributed by atoms with E-state index in [1.165, 1.54) is 51.4 Å². The molecule has 0 spiro atoms. The van der Waals surface area contributed by atoms with E-state index in [1.807, 2.05) is 10.8 Å². The lowest BCUT2D eigenvalue weighted by atomic mass is 9.47. The van der Waals surface area contributed by atoms with Crippen LogP contribution in [0.4, 0.5) is 4.79 Å². The molecule has 4 aliphatic carbocycles. The highest BCUT2D eigenvalue weighted by molar-refractivity contribution is 5.67. The third-order valence-electron chi connectivity index (χ3n) is 11.5. The first-order valence-electron chi connectivity index (χ1n) is 15.3. The quantitative estimate of drug-likeness (QED) is 0.361. The van der Waals surface area contributed by atoms with Crippen LogP contribution in [0.5, 0.6) is 0 Å². The highest BCUT2D eigenvalue weighted by Gasteiger charge is 2.59. The highest BCUT2D eigenvalue weighted by Crippen LogP contribution is 2.67. The number of carbonyl (C=O) groups excluding carboxylic acids is 1. The summed E-state index contributed by atoms with van der Waals surface area (Å²) in [6.07, 6.45) is 21.7. The van der Waals surface area contributed by atoms with Crippen molar-refractivity contribution in [3.8, 4) is 0 Å². The molecule has 0 bridgehead atoms. The summed E-state index contributed by atoms with van der Waals surface area (Å²) >= 11 is 0. The van der Waals surface area contributed by atoms with Crippen molar-refractivity contribution in [1.29, 1.82) is 0 Å². The maximum atomic E-state index is 12.4. The van der Waals surface area contributed by atoms with Crippen molar-refractivity contribution in [3.05, 3.63) is 30.4 Å². The first-order valence-corrected chi connectivity index (χ1v) is 15.3. The van der Waals surface area contributed by atoms with Crippen molar-refractivity contribution in [3.63, 3.8) is 0 Å². The number of hydrogen-bond acceptors (Lipinski definition) is 3. The Morgan fingerprint density at radius 1 is 1.14 bits per heavy atom. The van der Waals surface area contributed by atoms with E-state index in [0.29, 0.717) is 17.5 Å². The molecular weight excluding hydrogens is 458 g/mol. The predicted octanol–water partition coefficient (Wildman–Crippen LogP) is 7.98. The smallest absolute Gasteiger partial charge is 0.408 e. The lowest BCUT2D eigenvalue weighted by Crippen LogP contribution is -2.51. The number of hydrogen-bond donors (Lipinski definition) is 1. The molecule has 37 heavy (non-hydrogen) atoms. The molecule has 1 amide bonds. The summed E-state index contributed by atoms with van der Waals surface area (Å²) in [7, 11) is 0. The second-order valence-electron chi connectivity index (χ2n) is 14.0. The number of amides is 1. The second kappa shape index (κ2) is 10.8. The number of aromatic nitrogens is 2. The maximum absolute atomic E-state index is 12.4. The molecule has 1 aromatic heterocycles. The van der Waals surface area contributed by atoms with Crippen molar-refractivity contribution >= 4 is 6.09 Å². The minimum atomic E-state index is -0.315. The van der Waals surface area contributed by atoms with Gasteiger partial charge in [-0.1, -0.05) is 65.5 Å². The summed E-state index contributed by atoms with van der Waals surface area (Å²) in [6, 6.07) is 0. The Kier molecular flexibility index (Phi) is 7.80. The van der Waals surface area contributed by atoms with Gasteiger partial charge in [-0.2, -0.15) is 0 Å². The van der Waals surface area contributed by atoms with Crippen molar-refractivity contribution < 1.29 is 9.53 Å². The van der Waals surface area contributed by atoms with Gasteiger partial charge >= 0.3 is 6.09 Å². The zero-order chi connectivity index (χ0) is 26.2. The van der Waals surface area contributed by atoms with Crippen LogP contribution in [0.15, 0.2) is 30.4 Å². The van der Waals surface area contributed by atoms with Gasteiger partial charge in [0.25, 0.3) is 0 Å². The largest absolute Gasteiger partial charge is 0.446 e. The van der Waals surface area contributed by atoms with Crippen LogP contribution in [0.1, 0.15) is 105 Å². The average Bonchev–Trinajstić information content (AvgIpc) is 3.50. The maximum Gasteiger partial charge on any atom is 0.408 e. The molecule has 1 aromatic rings. The lowest BCUT2D eigenvalue weighted by molar-refractivity contribution is -0.0581. The Labute approximate surface area is 225 Å². The van der Waals surface area contributed by atoms with Gasteiger partial charge < -0.3 is 14.6 Å². The van der Waals surface area contributed by atoms with E-state index in [0.717, 1.165) is 54.8 Å². The molecule has 0 radical (unpaired) electrons. The minimum Gasteiger partial charge on any atom is -0.446 e. The van der Waals surface area contributed by atoms with E-state index in [2.05, 4.69) is 51.0 Å². The van der Waals surface area contributed by atoms with Crippen LogP contribution >= 0.6 is 0 Å². The second-order valence-corrected chi connectivity index (χ2v) is 14.0. The van der Waals surface area contributed by atoms with Gasteiger partial charge in [0.05, 0.1) is 13.0 Å². The third-order valence-corrected chi connectivity index (χ3v) is 11.5. The Bertz CT molecular complexity index is 955. The van der Waals surface area contributed by atoms with Crippen molar-refractivity contribution in [2.24, 2.45) is 46.3 Å². The zero-order valence-electron chi connectivity index (χ0n) is 24.0. The zero-order valence-corrected chi connectivity index (χ0v) is 24.0. The van der Waals surface area contributed by atoms with Crippen LogP contribution < -0.4 is 5.32 Å². The van der Waals surface area contributed by atoms with Crippen LogP contribution in [0.3, 0.4) is 0 Å². The Balaban J connectivity index is 1.20. The van der Waals surface area contributed by atoms with E-state index in [9.17, 15) is 4.79 Å². The summed E-state index contributed by atoms with van der Waals surface area (Å²) in [5.74, 6) is 5.14. The number of fused-ring (bicyclic) bond motifs is 5. The van der Waals surface area contributed by atoms with Crippen LogP contribution in [0.2, 0.25) is 0 Å². The van der Waals surface area contributed by atoms with Gasteiger partial charge in [0.2, 0.25) is 0 Å². The topological polar surface area (TPSA) is 56.1 Å². The van der Waals surface area contributed by atoms with Crippen LogP contribution in [0, 0.1) is 46.3 Å². The predicted molar refractivity (Wildman–Crippen MR) is 149 cm³/mol. The summed E-state index contributed by atoms with van der Waals surface area (Å²) in [5.41, 5.74) is 2.40. The van der Waals surface area contributed by atoms with E-state index < -0.39 is 0 Å². The fraction of sp³-hybridized carbons (Fsp3) is 0.812.